The van der Waals surface area contributed by atoms with Gasteiger partial charge in [-0.15, -0.1) is 0 Å². The standard InChI is InChI=1S/C13H17N3O2/c1-17-10-7-9-3-5-16(6-4-12(14)15)13(9)11(8-10)18-2/h3,5,7-8H,4,6H2,1-2H3,(H3,14,15). The molecule has 0 fully saturated rings. The molecular formula is C13H17N3O2. The summed E-state index contributed by atoms with van der Waals surface area (Å²) in [5, 5.41) is 8.33. The summed E-state index contributed by atoms with van der Waals surface area (Å²) >= 11 is 0. The van der Waals surface area contributed by atoms with Crippen molar-refractivity contribution in [1.82, 2.24) is 4.57 Å². The van der Waals surface area contributed by atoms with Crippen LogP contribution in [0.25, 0.3) is 10.9 Å². The van der Waals surface area contributed by atoms with Gasteiger partial charge in [0.25, 0.3) is 0 Å². The molecule has 2 aromatic rings. The van der Waals surface area contributed by atoms with Gasteiger partial charge in [0.2, 0.25) is 0 Å². The van der Waals surface area contributed by atoms with Crippen molar-refractivity contribution in [2.45, 2.75) is 13.0 Å². The highest BCUT2D eigenvalue weighted by Crippen LogP contribution is 2.31. The molecule has 2 rings (SSSR count). The van der Waals surface area contributed by atoms with Gasteiger partial charge in [-0.25, -0.2) is 0 Å². The fraction of sp³-hybridized carbons (Fsp3) is 0.308. The molecule has 1 aromatic carbocycles. The molecule has 96 valence electrons. The maximum Gasteiger partial charge on any atom is 0.146 e. The molecule has 0 aliphatic rings. The zero-order valence-electron chi connectivity index (χ0n) is 10.6. The smallest absolute Gasteiger partial charge is 0.146 e. The lowest BCUT2D eigenvalue weighted by molar-refractivity contribution is 0.396. The third-order valence-electron chi connectivity index (χ3n) is 2.88. The van der Waals surface area contributed by atoms with Gasteiger partial charge in [-0.05, 0) is 12.1 Å². The number of hydrogen-bond acceptors (Lipinski definition) is 3. The topological polar surface area (TPSA) is 73.3 Å². The Morgan fingerprint density at radius 1 is 1.33 bits per heavy atom. The zero-order chi connectivity index (χ0) is 13.1. The molecule has 1 aromatic heterocycles. The average Bonchev–Trinajstić information content (AvgIpc) is 2.78. The van der Waals surface area contributed by atoms with Crippen molar-refractivity contribution in [2.24, 2.45) is 5.73 Å². The van der Waals surface area contributed by atoms with E-state index in [-0.39, 0.29) is 5.84 Å². The summed E-state index contributed by atoms with van der Waals surface area (Å²) < 4.78 is 12.7. The molecule has 3 N–H and O–H groups in total. The van der Waals surface area contributed by atoms with E-state index in [1.54, 1.807) is 14.2 Å². The van der Waals surface area contributed by atoms with E-state index >= 15 is 0 Å². The van der Waals surface area contributed by atoms with Crippen molar-refractivity contribution in [1.29, 1.82) is 5.41 Å². The quantitative estimate of drug-likeness (QED) is 0.626. The van der Waals surface area contributed by atoms with Gasteiger partial charge in [0.15, 0.2) is 0 Å². The number of aromatic nitrogens is 1. The van der Waals surface area contributed by atoms with Crippen LogP contribution in [0.2, 0.25) is 0 Å². The molecular weight excluding hydrogens is 230 g/mol. The summed E-state index contributed by atoms with van der Waals surface area (Å²) in [6, 6.07) is 5.81. The minimum Gasteiger partial charge on any atom is -0.497 e. The fourth-order valence-corrected chi connectivity index (χ4v) is 1.98. The van der Waals surface area contributed by atoms with E-state index in [1.165, 1.54) is 0 Å². The van der Waals surface area contributed by atoms with Gasteiger partial charge in [-0.3, -0.25) is 5.41 Å². The number of rotatable bonds is 5. The second kappa shape index (κ2) is 5.00. The van der Waals surface area contributed by atoms with Crippen molar-refractivity contribution in [2.75, 3.05) is 14.2 Å². The van der Waals surface area contributed by atoms with Crippen LogP contribution in [0.3, 0.4) is 0 Å². The predicted octanol–water partition coefficient (Wildman–Crippen LogP) is 1.98. The molecule has 0 saturated heterocycles. The number of aryl methyl sites for hydroxylation is 1. The van der Waals surface area contributed by atoms with Crippen LogP contribution in [-0.2, 0) is 6.54 Å². The maximum atomic E-state index is 7.28. The number of nitrogens with one attached hydrogen (secondary N) is 1. The van der Waals surface area contributed by atoms with Crippen molar-refractivity contribution in [3.8, 4) is 11.5 Å². The molecule has 0 aliphatic heterocycles. The first-order valence-electron chi connectivity index (χ1n) is 5.69. The largest absolute Gasteiger partial charge is 0.497 e. The highest BCUT2D eigenvalue weighted by molar-refractivity contribution is 5.88. The Morgan fingerprint density at radius 2 is 2.11 bits per heavy atom. The Labute approximate surface area is 106 Å². The molecule has 0 bridgehead atoms. The number of nitrogens with zero attached hydrogens (tertiary/aromatic N) is 1. The summed E-state index contributed by atoms with van der Waals surface area (Å²) in [6.45, 7) is 0.668. The molecule has 5 heteroatoms. The SMILES string of the molecule is COc1cc(OC)c2c(ccn2CCC(=N)N)c1. The molecule has 0 aliphatic carbocycles. The Hall–Kier alpha value is -2.17. The van der Waals surface area contributed by atoms with Gasteiger partial charge in [0.05, 0.1) is 25.6 Å². The third-order valence-corrected chi connectivity index (χ3v) is 2.88. The maximum absolute atomic E-state index is 7.28. The number of fused-ring (bicyclic) bond motifs is 1. The van der Waals surface area contributed by atoms with E-state index in [1.807, 2.05) is 29.0 Å². The molecule has 0 saturated carbocycles. The minimum atomic E-state index is 0.185. The molecule has 1 heterocycles. The van der Waals surface area contributed by atoms with Crippen LogP contribution in [0.15, 0.2) is 24.4 Å². The first-order valence-corrected chi connectivity index (χ1v) is 5.69. The van der Waals surface area contributed by atoms with Crippen molar-refractivity contribution < 1.29 is 9.47 Å². The summed E-state index contributed by atoms with van der Waals surface area (Å²) in [7, 11) is 3.27. The Balaban J connectivity index is 2.46. The minimum absolute atomic E-state index is 0.185. The lowest BCUT2D eigenvalue weighted by Crippen LogP contribution is -2.12. The number of amidine groups is 1. The molecule has 0 atom stereocenters. The van der Waals surface area contributed by atoms with Gasteiger partial charge < -0.3 is 19.8 Å². The number of benzene rings is 1. The Morgan fingerprint density at radius 3 is 2.72 bits per heavy atom. The van der Waals surface area contributed by atoms with Gasteiger partial charge in [0.1, 0.15) is 11.5 Å². The van der Waals surface area contributed by atoms with Crippen LogP contribution < -0.4 is 15.2 Å². The highest BCUT2D eigenvalue weighted by Gasteiger charge is 2.10. The van der Waals surface area contributed by atoms with E-state index in [0.717, 1.165) is 22.4 Å². The summed E-state index contributed by atoms with van der Waals surface area (Å²) in [4.78, 5) is 0. The monoisotopic (exact) mass is 247 g/mol. The molecule has 5 nitrogen and oxygen atoms in total. The lowest BCUT2D eigenvalue weighted by Gasteiger charge is -2.10. The molecule has 0 spiro atoms. The van der Waals surface area contributed by atoms with Crippen LogP contribution in [0.5, 0.6) is 11.5 Å². The van der Waals surface area contributed by atoms with Crippen molar-refractivity contribution >= 4 is 16.7 Å². The number of methoxy groups -OCH3 is 2. The molecule has 0 unspecified atom stereocenters. The lowest BCUT2D eigenvalue weighted by atomic mass is 10.2. The summed E-state index contributed by atoms with van der Waals surface area (Å²) in [6.07, 6.45) is 2.49. The number of hydrogen-bond donors (Lipinski definition) is 2. The van der Waals surface area contributed by atoms with E-state index in [0.29, 0.717) is 13.0 Å². The van der Waals surface area contributed by atoms with E-state index in [4.69, 9.17) is 20.6 Å². The highest BCUT2D eigenvalue weighted by atomic mass is 16.5. The Bertz CT molecular complexity index is 575. The van der Waals surface area contributed by atoms with E-state index < -0.39 is 0 Å². The van der Waals surface area contributed by atoms with Crippen molar-refractivity contribution in [3.05, 3.63) is 24.4 Å². The first kappa shape index (κ1) is 12.3. The van der Waals surface area contributed by atoms with Gasteiger partial charge >= 0.3 is 0 Å². The van der Waals surface area contributed by atoms with Gasteiger partial charge in [-0.2, -0.15) is 0 Å². The van der Waals surface area contributed by atoms with Crippen LogP contribution in [0, 0.1) is 5.41 Å². The van der Waals surface area contributed by atoms with Crippen LogP contribution in [-0.4, -0.2) is 24.6 Å². The molecule has 0 amide bonds. The first-order chi connectivity index (χ1) is 8.65. The summed E-state index contributed by atoms with van der Waals surface area (Å²) in [5.41, 5.74) is 6.39. The van der Waals surface area contributed by atoms with E-state index in [9.17, 15) is 0 Å². The summed E-state index contributed by atoms with van der Waals surface area (Å²) in [5.74, 6) is 1.71. The van der Waals surface area contributed by atoms with Crippen LogP contribution in [0.1, 0.15) is 6.42 Å². The normalized spacial score (nSPS) is 10.6. The molecule has 0 radical (unpaired) electrons. The third kappa shape index (κ3) is 2.25. The second-order valence-corrected chi connectivity index (χ2v) is 4.05. The number of ether oxygens (including phenoxy) is 2. The Kier molecular flexibility index (Phi) is 3.41. The average molecular weight is 247 g/mol. The second-order valence-electron chi connectivity index (χ2n) is 4.05. The fourth-order valence-electron chi connectivity index (χ4n) is 1.98. The van der Waals surface area contributed by atoms with Crippen LogP contribution >= 0.6 is 0 Å². The predicted molar refractivity (Wildman–Crippen MR) is 71.6 cm³/mol. The zero-order valence-corrected chi connectivity index (χ0v) is 10.6. The molecule has 18 heavy (non-hydrogen) atoms. The van der Waals surface area contributed by atoms with Gasteiger partial charge in [-0.1, -0.05) is 0 Å². The van der Waals surface area contributed by atoms with Crippen LogP contribution in [0.4, 0.5) is 0 Å². The van der Waals surface area contributed by atoms with Crippen molar-refractivity contribution in [3.63, 3.8) is 0 Å². The van der Waals surface area contributed by atoms with Gasteiger partial charge in [0, 0.05) is 30.6 Å². The van der Waals surface area contributed by atoms with E-state index in [2.05, 4.69) is 0 Å². The number of nitrogens with two attached hydrogens (primary N) is 1.